The van der Waals surface area contributed by atoms with E-state index in [1.807, 2.05) is 0 Å². The molecule has 2 saturated heterocycles. The Morgan fingerprint density at radius 3 is 2.55 bits per heavy atom. The van der Waals surface area contributed by atoms with Crippen LogP contribution in [0.1, 0.15) is 24.3 Å². The molecule has 10 heteroatoms. The van der Waals surface area contributed by atoms with Crippen molar-refractivity contribution in [1.82, 2.24) is 10.6 Å². The van der Waals surface area contributed by atoms with Crippen molar-refractivity contribution in [3.63, 3.8) is 0 Å². The SMILES string of the molecule is O=C(O)C1NC2(CC(CF)(CF)C2)[C@@]2(C(=O)NC3C=C(Cl)C=CC32)[C@H]1c1cccc(Cl)c1F. The summed E-state index contributed by atoms with van der Waals surface area (Å²) in [6.07, 6.45) is 4.75. The van der Waals surface area contributed by atoms with Gasteiger partial charge in [-0.3, -0.25) is 23.7 Å². The number of allylic oxidation sites excluding steroid dienone is 2. The number of aliphatic carboxylic acids is 1. The Bertz CT molecular complexity index is 1100. The molecule has 1 saturated carbocycles. The molecule has 1 aromatic rings. The van der Waals surface area contributed by atoms with E-state index in [0.29, 0.717) is 5.03 Å². The van der Waals surface area contributed by atoms with E-state index in [2.05, 4.69) is 10.6 Å². The maximum Gasteiger partial charge on any atom is 0.321 e. The molecule has 3 unspecified atom stereocenters. The Balaban J connectivity index is 1.77. The van der Waals surface area contributed by atoms with E-state index in [-0.39, 0.29) is 23.4 Å². The van der Waals surface area contributed by atoms with Crippen LogP contribution in [0.15, 0.2) is 41.5 Å². The summed E-state index contributed by atoms with van der Waals surface area (Å²) in [7, 11) is 0. The first-order valence-electron chi connectivity index (χ1n) is 10.6. The van der Waals surface area contributed by atoms with Crippen LogP contribution in [0.4, 0.5) is 13.2 Å². The predicted molar refractivity (Wildman–Crippen MR) is 116 cm³/mol. The number of carboxylic acids is 1. The second-order valence-electron chi connectivity index (χ2n) is 9.59. The summed E-state index contributed by atoms with van der Waals surface area (Å²) in [5, 5.41) is 16.2. The zero-order valence-electron chi connectivity index (χ0n) is 17.3. The molecule has 2 aliphatic carbocycles. The smallest absolute Gasteiger partial charge is 0.321 e. The zero-order chi connectivity index (χ0) is 23.8. The van der Waals surface area contributed by atoms with E-state index >= 15 is 4.39 Å². The lowest BCUT2D eigenvalue weighted by molar-refractivity contribution is -0.146. The number of hydrogen-bond donors (Lipinski definition) is 3. The van der Waals surface area contributed by atoms with Gasteiger partial charge in [0.15, 0.2) is 0 Å². The molecule has 0 bridgehead atoms. The Labute approximate surface area is 198 Å². The van der Waals surface area contributed by atoms with Gasteiger partial charge in [-0.25, -0.2) is 4.39 Å². The van der Waals surface area contributed by atoms with Gasteiger partial charge in [-0.1, -0.05) is 41.4 Å². The first-order valence-corrected chi connectivity index (χ1v) is 11.3. The summed E-state index contributed by atoms with van der Waals surface area (Å²) in [6.45, 7) is -1.90. The third-order valence-electron chi connectivity index (χ3n) is 7.94. The van der Waals surface area contributed by atoms with E-state index < -0.39 is 71.3 Å². The summed E-state index contributed by atoms with van der Waals surface area (Å²) in [5.74, 6) is -4.42. The van der Waals surface area contributed by atoms with Crippen LogP contribution in [-0.4, -0.2) is 48.0 Å². The van der Waals surface area contributed by atoms with Crippen LogP contribution in [0.3, 0.4) is 0 Å². The van der Waals surface area contributed by atoms with Crippen molar-refractivity contribution < 1.29 is 27.9 Å². The van der Waals surface area contributed by atoms with Crippen LogP contribution >= 0.6 is 23.2 Å². The fourth-order valence-corrected chi connectivity index (χ4v) is 7.21. The molecule has 1 amide bonds. The number of carbonyl (C=O) groups is 2. The molecule has 176 valence electrons. The molecule has 2 aliphatic heterocycles. The van der Waals surface area contributed by atoms with Gasteiger partial charge in [-0.2, -0.15) is 0 Å². The molecule has 2 heterocycles. The van der Waals surface area contributed by atoms with Crippen LogP contribution in [0.25, 0.3) is 0 Å². The molecule has 0 radical (unpaired) electrons. The molecule has 2 spiro atoms. The number of rotatable bonds is 4. The predicted octanol–water partition coefficient (Wildman–Crippen LogP) is 3.87. The Morgan fingerprint density at radius 2 is 1.91 bits per heavy atom. The number of carboxylic acid groups (broad SMARTS) is 1. The van der Waals surface area contributed by atoms with Crippen molar-refractivity contribution in [2.45, 2.75) is 36.4 Å². The van der Waals surface area contributed by atoms with Gasteiger partial charge in [-0.05, 0) is 36.6 Å². The number of alkyl halides is 2. The van der Waals surface area contributed by atoms with E-state index in [9.17, 15) is 23.5 Å². The van der Waals surface area contributed by atoms with Crippen molar-refractivity contribution in [3.05, 3.63) is 57.9 Å². The van der Waals surface area contributed by atoms with Crippen molar-refractivity contribution in [2.24, 2.45) is 16.7 Å². The number of fused-ring (bicyclic) bond motifs is 3. The molecule has 5 atom stereocenters. The number of benzene rings is 1. The van der Waals surface area contributed by atoms with Gasteiger partial charge in [0.1, 0.15) is 11.9 Å². The lowest BCUT2D eigenvalue weighted by atomic mass is 9.44. The van der Waals surface area contributed by atoms with Crippen molar-refractivity contribution in [3.8, 4) is 0 Å². The molecule has 5 nitrogen and oxygen atoms in total. The molecular formula is C23H21Cl2F3N2O3. The summed E-state index contributed by atoms with van der Waals surface area (Å²) in [5.41, 5.74) is -4.15. The Morgan fingerprint density at radius 1 is 1.21 bits per heavy atom. The Kier molecular flexibility index (Phi) is 5.16. The molecule has 3 fully saturated rings. The van der Waals surface area contributed by atoms with Crippen molar-refractivity contribution >= 4 is 35.1 Å². The van der Waals surface area contributed by atoms with Gasteiger partial charge in [0, 0.05) is 27.8 Å². The molecule has 5 rings (SSSR count). The fourth-order valence-electron chi connectivity index (χ4n) is 6.82. The highest BCUT2D eigenvalue weighted by molar-refractivity contribution is 6.31. The van der Waals surface area contributed by atoms with Gasteiger partial charge in [-0.15, -0.1) is 0 Å². The fraction of sp³-hybridized carbons (Fsp3) is 0.478. The quantitative estimate of drug-likeness (QED) is 0.586. The van der Waals surface area contributed by atoms with Crippen molar-refractivity contribution in [2.75, 3.05) is 13.3 Å². The van der Waals surface area contributed by atoms with Crippen LogP contribution in [-0.2, 0) is 9.59 Å². The van der Waals surface area contributed by atoms with Crippen LogP contribution in [0.5, 0.6) is 0 Å². The monoisotopic (exact) mass is 500 g/mol. The number of amides is 1. The molecule has 1 aromatic carbocycles. The summed E-state index contributed by atoms with van der Waals surface area (Å²) in [4.78, 5) is 26.2. The maximum atomic E-state index is 15.3. The van der Waals surface area contributed by atoms with Crippen LogP contribution < -0.4 is 10.6 Å². The minimum Gasteiger partial charge on any atom is -0.480 e. The number of carbonyl (C=O) groups excluding carboxylic acids is 1. The highest BCUT2D eigenvalue weighted by atomic mass is 35.5. The number of halogens is 5. The second kappa shape index (κ2) is 7.48. The van der Waals surface area contributed by atoms with E-state index in [1.165, 1.54) is 18.2 Å². The molecule has 33 heavy (non-hydrogen) atoms. The van der Waals surface area contributed by atoms with Crippen LogP contribution in [0.2, 0.25) is 5.02 Å². The standard InChI is InChI=1S/C23H21Cl2F3N2O3/c24-11-4-5-13-15(6-11)29-20(33)23(13)16(12-2-1-3-14(25)17(12)28)18(19(31)32)30-22(23)7-21(8-22,9-26)10-27/h1-6,13,15-16,18,30H,7-10H2,(H,29,33)(H,31,32)/t13?,15?,16-,18?,23+/m0/s1. The second-order valence-corrected chi connectivity index (χ2v) is 10.4. The van der Waals surface area contributed by atoms with Gasteiger partial charge in [0.05, 0.1) is 29.8 Å². The molecule has 4 aliphatic rings. The van der Waals surface area contributed by atoms with E-state index in [0.717, 1.165) is 0 Å². The topological polar surface area (TPSA) is 78.4 Å². The van der Waals surface area contributed by atoms with E-state index in [1.54, 1.807) is 18.2 Å². The number of nitrogens with one attached hydrogen (secondary N) is 2. The van der Waals surface area contributed by atoms with Crippen molar-refractivity contribution in [1.29, 1.82) is 0 Å². The first-order chi connectivity index (χ1) is 15.6. The lowest BCUT2D eigenvalue weighted by Gasteiger charge is -2.60. The molecular weight excluding hydrogens is 480 g/mol. The minimum absolute atomic E-state index is 0.0258. The van der Waals surface area contributed by atoms with Gasteiger partial charge in [0.25, 0.3) is 0 Å². The Hall–Kier alpha value is -2.03. The number of hydrogen-bond acceptors (Lipinski definition) is 3. The van der Waals surface area contributed by atoms with Gasteiger partial charge in [0.2, 0.25) is 5.91 Å². The summed E-state index contributed by atoms with van der Waals surface area (Å²) >= 11 is 12.2. The third-order valence-corrected chi connectivity index (χ3v) is 8.48. The van der Waals surface area contributed by atoms with Gasteiger partial charge >= 0.3 is 5.97 Å². The van der Waals surface area contributed by atoms with Crippen LogP contribution in [0, 0.1) is 22.6 Å². The molecule has 0 aromatic heterocycles. The van der Waals surface area contributed by atoms with Gasteiger partial charge < -0.3 is 10.4 Å². The highest BCUT2D eigenvalue weighted by Crippen LogP contribution is 2.70. The normalized spacial score (nSPS) is 35.3. The first kappa shape index (κ1) is 22.7. The highest BCUT2D eigenvalue weighted by Gasteiger charge is 2.80. The molecule has 3 N–H and O–H groups in total. The minimum atomic E-state index is -1.54. The average molecular weight is 501 g/mol. The maximum absolute atomic E-state index is 15.3. The summed E-state index contributed by atoms with van der Waals surface area (Å²) < 4.78 is 43.1. The largest absolute Gasteiger partial charge is 0.480 e. The van der Waals surface area contributed by atoms with E-state index in [4.69, 9.17) is 23.2 Å². The zero-order valence-corrected chi connectivity index (χ0v) is 18.8. The average Bonchev–Trinajstić information content (AvgIpc) is 3.22. The third kappa shape index (κ3) is 2.83. The lowest BCUT2D eigenvalue weighted by Crippen LogP contribution is -2.70. The summed E-state index contributed by atoms with van der Waals surface area (Å²) in [6, 6.07) is 2.29.